The van der Waals surface area contributed by atoms with Crippen LogP contribution >= 0.6 is 0 Å². The average Bonchev–Trinajstić information content (AvgIpc) is 3.34. The van der Waals surface area contributed by atoms with E-state index in [4.69, 9.17) is 4.74 Å². The number of hydrogen-bond acceptors (Lipinski definition) is 4. The van der Waals surface area contributed by atoms with Crippen LogP contribution in [0, 0.1) is 17.8 Å². The van der Waals surface area contributed by atoms with Gasteiger partial charge in [-0.2, -0.15) is 0 Å². The molecule has 2 aromatic carbocycles. The van der Waals surface area contributed by atoms with E-state index in [9.17, 15) is 14.7 Å². The van der Waals surface area contributed by atoms with E-state index in [1.54, 1.807) is 12.1 Å². The molecule has 2 amide bonds. The number of carbonyl (C=O) groups excluding carboxylic acids is 2. The molecule has 2 heterocycles. The monoisotopic (exact) mass is 443 g/mol. The van der Waals surface area contributed by atoms with Gasteiger partial charge in [0.2, 0.25) is 11.8 Å². The SMILES string of the molecule is CC1=C2[C@@H](CC/C(C)=C/c3ccc(O)cc3)OC[C@@H]2[C@@H]2C(=O)N(c3ccccc3)C(=O)[C@@H]2C1. The summed E-state index contributed by atoms with van der Waals surface area (Å²) in [5.74, 6) is -0.524. The van der Waals surface area contributed by atoms with Gasteiger partial charge in [-0.05, 0) is 68.5 Å². The Hall–Kier alpha value is -3.18. The molecule has 5 nitrogen and oxygen atoms in total. The van der Waals surface area contributed by atoms with E-state index in [1.165, 1.54) is 21.6 Å². The van der Waals surface area contributed by atoms with Crippen molar-refractivity contribution in [2.45, 2.75) is 39.2 Å². The highest BCUT2D eigenvalue weighted by atomic mass is 16.5. The van der Waals surface area contributed by atoms with E-state index < -0.39 is 0 Å². The van der Waals surface area contributed by atoms with Crippen LogP contribution in [0.5, 0.6) is 5.75 Å². The van der Waals surface area contributed by atoms with Gasteiger partial charge < -0.3 is 9.84 Å². The summed E-state index contributed by atoms with van der Waals surface area (Å²) in [6, 6.07) is 16.4. The van der Waals surface area contributed by atoms with Crippen molar-refractivity contribution >= 4 is 23.6 Å². The Morgan fingerprint density at radius 3 is 2.52 bits per heavy atom. The number of phenolic OH excluding ortho intramolecular Hbond substituents is 1. The zero-order valence-electron chi connectivity index (χ0n) is 19.0. The number of anilines is 1. The molecule has 2 aromatic rings. The molecular weight excluding hydrogens is 414 g/mol. The maximum atomic E-state index is 13.4. The number of allylic oxidation sites excluding steroid dienone is 2. The highest BCUT2D eigenvalue weighted by Gasteiger charge is 2.56. The van der Waals surface area contributed by atoms with E-state index in [-0.39, 0.29) is 41.4 Å². The lowest BCUT2D eigenvalue weighted by molar-refractivity contribution is -0.122. The zero-order chi connectivity index (χ0) is 23.1. The number of phenols is 1. The lowest BCUT2D eigenvalue weighted by Gasteiger charge is -2.30. The predicted octanol–water partition coefficient (Wildman–Crippen LogP) is 5.12. The van der Waals surface area contributed by atoms with Crippen LogP contribution in [0.1, 0.15) is 38.7 Å². The number of benzene rings is 2. The van der Waals surface area contributed by atoms with Crippen molar-refractivity contribution in [3.63, 3.8) is 0 Å². The maximum absolute atomic E-state index is 13.4. The summed E-state index contributed by atoms with van der Waals surface area (Å²) in [4.78, 5) is 28.0. The van der Waals surface area contributed by atoms with Gasteiger partial charge in [0.25, 0.3) is 0 Å². The van der Waals surface area contributed by atoms with Gasteiger partial charge in [-0.1, -0.05) is 47.6 Å². The third kappa shape index (κ3) is 3.91. The first-order chi connectivity index (χ1) is 15.9. The van der Waals surface area contributed by atoms with Gasteiger partial charge in [0, 0.05) is 5.92 Å². The quantitative estimate of drug-likeness (QED) is 0.515. The lowest BCUT2D eigenvalue weighted by Crippen LogP contribution is -2.34. The zero-order valence-corrected chi connectivity index (χ0v) is 19.0. The van der Waals surface area contributed by atoms with E-state index in [1.807, 2.05) is 42.5 Å². The first-order valence-corrected chi connectivity index (χ1v) is 11.6. The van der Waals surface area contributed by atoms with Gasteiger partial charge in [0.05, 0.1) is 30.2 Å². The summed E-state index contributed by atoms with van der Waals surface area (Å²) in [5, 5.41) is 9.46. The summed E-state index contributed by atoms with van der Waals surface area (Å²) in [6.45, 7) is 4.71. The molecule has 5 rings (SSSR count). The number of carbonyl (C=O) groups is 2. The highest BCUT2D eigenvalue weighted by molar-refractivity contribution is 6.22. The standard InChI is InChI=1S/C28H29NO4/c1-17(14-19-9-11-21(30)12-10-19)8-13-24-25-18(2)15-22-26(23(25)16-33-24)28(32)29(27(22)31)20-6-4-3-5-7-20/h3-7,9-12,14,22-24,26,30H,8,13,15-16H2,1-2H3/b17-14+/t22-,23+,24-,26-/m1/s1. The normalized spacial score (nSPS) is 27.2. The Balaban J connectivity index is 1.32. The Kier molecular flexibility index (Phi) is 5.67. The van der Waals surface area contributed by atoms with Gasteiger partial charge in [0.1, 0.15) is 5.75 Å². The molecular formula is C28H29NO4. The van der Waals surface area contributed by atoms with Crippen LogP contribution in [0.4, 0.5) is 5.69 Å². The third-order valence-electron chi connectivity index (χ3n) is 7.27. The molecule has 0 saturated carbocycles. The fraction of sp³-hybridized carbons (Fsp3) is 0.357. The molecule has 3 aliphatic rings. The topological polar surface area (TPSA) is 66.8 Å². The fourth-order valence-corrected chi connectivity index (χ4v) is 5.75. The summed E-state index contributed by atoms with van der Waals surface area (Å²) < 4.78 is 6.22. The van der Waals surface area contributed by atoms with Crippen molar-refractivity contribution in [1.29, 1.82) is 0 Å². The number of aromatic hydroxyl groups is 1. The summed E-state index contributed by atoms with van der Waals surface area (Å²) in [5.41, 5.74) is 5.40. The van der Waals surface area contributed by atoms with Crippen LogP contribution in [0.2, 0.25) is 0 Å². The molecule has 2 aliphatic heterocycles. The minimum absolute atomic E-state index is 0.00667. The second-order valence-corrected chi connectivity index (χ2v) is 9.47. The van der Waals surface area contributed by atoms with Crippen LogP contribution in [-0.4, -0.2) is 29.6 Å². The molecule has 2 saturated heterocycles. The Labute approximate surface area is 194 Å². The average molecular weight is 444 g/mol. The van der Waals surface area contributed by atoms with Crippen molar-refractivity contribution in [2.24, 2.45) is 17.8 Å². The van der Waals surface area contributed by atoms with E-state index >= 15 is 0 Å². The molecule has 5 heteroatoms. The molecule has 0 spiro atoms. The van der Waals surface area contributed by atoms with Crippen molar-refractivity contribution in [1.82, 2.24) is 0 Å². The van der Waals surface area contributed by atoms with Crippen molar-refractivity contribution in [3.8, 4) is 5.75 Å². The van der Waals surface area contributed by atoms with Gasteiger partial charge >= 0.3 is 0 Å². The van der Waals surface area contributed by atoms with Gasteiger partial charge in [-0.15, -0.1) is 0 Å². The second-order valence-electron chi connectivity index (χ2n) is 9.47. The largest absolute Gasteiger partial charge is 0.508 e. The van der Waals surface area contributed by atoms with Gasteiger partial charge in [0.15, 0.2) is 0 Å². The smallest absolute Gasteiger partial charge is 0.238 e. The molecule has 170 valence electrons. The van der Waals surface area contributed by atoms with Crippen molar-refractivity contribution in [3.05, 3.63) is 76.9 Å². The molecule has 0 bridgehead atoms. The number of ether oxygens (including phenoxy) is 1. The number of amides is 2. The Morgan fingerprint density at radius 1 is 1.06 bits per heavy atom. The first-order valence-electron chi connectivity index (χ1n) is 11.6. The van der Waals surface area contributed by atoms with Gasteiger partial charge in [-0.3, -0.25) is 14.5 Å². The first kappa shape index (κ1) is 21.7. The molecule has 33 heavy (non-hydrogen) atoms. The molecule has 0 unspecified atom stereocenters. The van der Waals surface area contributed by atoms with Crippen LogP contribution < -0.4 is 4.90 Å². The van der Waals surface area contributed by atoms with E-state index in [0.717, 1.165) is 18.4 Å². The molecule has 2 fully saturated rings. The second kappa shape index (κ2) is 8.64. The fourth-order valence-electron chi connectivity index (χ4n) is 5.75. The number of hydrogen-bond donors (Lipinski definition) is 1. The van der Waals surface area contributed by atoms with Crippen molar-refractivity contribution in [2.75, 3.05) is 11.5 Å². The van der Waals surface area contributed by atoms with Crippen LogP contribution in [-0.2, 0) is 14.3 Å². The molecule has 1 N–H and O–H groups in total. The lowest BCUT2D eigenvalue weighted by atomic mass is 9.70. The summed E-state index contributed by atoms with van der Waals surface area (Å²) in [7, 11) is 0. The molecule has 4 atom stereocenters. The Bertz CT molecular complexity index is 1130. The third-order valence-corrected chi connectivity index (χ3v) is 7.27. The summed E-state index contributed by atoms with van der Waals surface area (Å²) in [6.07, 6.45) is 4.48. The van der Waals surface area contributed by atoms with E-state index in [2.05, 4.69) is 19.9 Å². The number of imide groups is 1. The summed E-state index contributed by atoms with van der Waals surface area (Å²) >= 11 is 0. The number of para-hydroxylation sites is 1. The highest BCUT2D eigenvalue weighted by Crippen LogP contribution is 2.50. The van der Waals surface area contributed by atoms with Crippen LogP contribution in [0.3, 0.4) is 0 Å². The van der Waals surface area contributed by atoms with Crippen LogP contribution in [0.15, 0.2) is 71.3 Å². The van der Waals surface area contributed by atoms with Gasteiger partial charge in [-0.25, -0.2) is 0 Å². The predicted molar refractivity (Wildman–Crippen MR) is 127 cm³/mol. The minimum Gasteiger partial charge on any atom is -0.508 e. The number of rotatable bonds is 5. The van der Waals surface area contributed by atoms with Crippen LogP contribution in [0.25, 0.3) is 6.08 Å². The minimum atomic E-state index is -0.324. The van der Waals surface area contributed by atoms with E-state index in [0.29, 0.717) is 18.7 Å². The molecule has 0 radical (unpaired) electrons. The maximum Gasteiger partial charge on any atom is 0.238 e. The number of nitrogens with zero attached hydrogens (tertiary/aromatic N) is 1. The molecule has 1 aliphatic carbocycles. The Morgan fingerprint density at radius 2 is 1.79 bits per heavy atom. The molecule has 0 aromatic heterocycles. The number of fused-ring (bicyclic) bond motifs is 3. The van der Waals surface area contributed by atoms with Crippen molar-refractivity contribution < 1.29 is 19.4 Å².